The lowest BCUT2D eigenvalue weighted by molar-refractivity contribution is 0.837. The van der Waals surface area contributed by atoms with Crippen molar-refractivity contribution in [1.82, 2.24) is 14.8 Å². The summed E-state index contributed by atoms with van der Waals surface area (Å²) in [5.41, 5.74) is 8.32. The third-order valence-electron chi connectivity index (χ3n) is 2.76. The highest BCUT2D eigenvalue weighted by molar-refractivity contribution is 9.10. The Morgan fingerprint density at radius 2 is 2.17 bits per heavy atom. The van der Waals surface area contributed by atoms with Gasteiger partial charge >= 0.3 is 0 Å². The van der Waals surface area contributed by atoms with Gasteiger partial charge in [-0.05, 0) is 34.1 Å². The first-order chi connectivity index (χ1) is 8.78. The van der Waals surface area contributed by atoms with Crippen LogP contribution in [0.25, 0.3) is 16.6 Å². The third-order valence-corrected chi connectivity index (χ3v) is 3.19. The van der Waals surface area contributed by atoms with Crippen LogP contribution in [0.2, 0.25) is 0 Å². The number of benzene rings is 1. The SMILES string of the molecule is NCc1ccn(-c2cccc3cc(Br)cnc23)n1. The van der Waals surface area contributed by atoms with Crippen molar-refractivity contribution in [2.45, 2.75) is 6.54 Å². The van der Waals surface area contributed by atoms with E-state index in [9.17, 15) is 0 Å². The number of nitrogens with zero attached hydrogens (tertiary/aromatic N) is 3. The molecule has 1 aromatic carbocycles. The average molecular weight is 303 g/mol. The van der Waals surface area contributed by atoms with Crippen molar-refractivity contribution in [2.75, 3.05) is 0 Å². The molecule has 2 heterocycles. The number of pyridine rings is 1. The van der Waals surface area contributed by atoms with Crippen LogP contribution in [0.15, 0.2) is 47.2 Å². The maximum atomic E-state index is 5.58. The van der Waals surface area contributed by atoms with E-state index in [2.05, 4.69) is 26.0 Å². The minimum absolute atomic E-state index is 0.441. The van der Waals surface area contributed by atoms with Crippen molar-refractivity contribution in [3.8, 4) is 5.69 Å². The number of para-hydroxylation sites is 1. The van der Waals surface area contributed by atoms with Gasteiger partial charge in [0.05, 0.1) is 16.9 Å². The Morgan fingerprint density at radius 3 is 2.94 bits per heavy atom. The highest BCUT2D eigenvalue weighted by atomic mass is 79.9. The number of aromatic nitrogens is 3. The fraction of sp³-hybridized carbons (Fsp3) is 0.0769. The maximum Gasteiger partial charge on any atom is 0.0959 e. The molecule has 5 heteroatoms. The van der Waals surface area contributed by atoms with Gasteiger partial charge in [-0.25, -0.2) is 4.68 Å². The van der Waals surface area contributed by atoms with Crippen LogP contribution in [0.5, 0.6) is 0 Å². The van der Waals surface area contributed by atoms with Crippen molar-refractivity contribution in [2.24, 2.45) is 5.73 Å². The largest absolute Gasteiger partial charge is 0.325 e. The van der Waals surface area contributed by atoms with Crippen molar-refractivity contribution >= 4 is 26.8 Å². The molecule has 3 aromatic rings. The minimum Gasteiger partial charge on any atom is -0.325 e. The standard InChI is InChI=1S/C13H11BrN4/c14-10-6-9-2-1-3-12(13(9)16-8-10)18-5-4-11(7-15)17-18/h1-6,8H,7,15H2. The average Bonchev–Trinajstić information content (AvgIpc) is 2.86. The van der Waals surface area contributed by atoms with Crippen LogP contribution in [0.1, 0.15) is 5.69 Å². The van der Waals surface area contributed by atoms with Crippen LogP contribution < -0.4 is 5.73 Å². The zero-order valence-corrected chi connectivity index (χ0v) is 11.1. The first-order valence-corrected chi connectivity index (χ1v) is 6.36. The maximum absolute atomic E-state index is 5.58. The van der Waals surface area contributed by atoms with Gasteiger partial charge in [0.1, 0.15) is 0 Å². The molecule has 0 spiro atoms. The van der Waals surface area contributed by atoms with Gasteiger partial charge in [0, 0.05) is 28.8 Å². The molecule has 0 aliphatic carbocycles. The first kappa shape index (κ1) is 11.4. The van der Waals surface area contributed by atoms with Crippen molar-refractivity contribution in [3.63, 3.8) is 0 Å². The Hall–Kier alpha value is -1.72. The summed E-state index contributed by atoms with van der Waals surface area (Å²) in [5, 5.41) is 5.49. The summed E-state index contributed by atoms with van der Waals surface area (Å²) in [6, 6.07) is 9.98. The molecule has 4 nitrogen and oxygen atoms in total. The molecule has 2 aromatic heterocycles. The molecule has 0 saturated carbocycles. The predicted octanol–water partition coefficient (Wildman–Crippen LogP) is 2.64. The van der Waals surface area contributed by atoms with E-state index in [1.54, 1.807) is 6.20 Å². The molecule has 0 bridgehead atoms. The van der Waals surface area contributed by atoms with Crippen molar-refractivity contribution < 1.29 is 0 Å². The molecule has 0 atom stereocenters. The molecule has 0 fully saturated rings. The Balaban J connectivity index is 2.22. The summed E-state index contributed by atoms with van der Waals surface area (Å²) in [7, 11) is 0. The van der Waals surface area contributed by atoms with Crippen LogP contribution in [0.3, 0.4) is 0 Å². The van der Waals surface area contributed by atoms with Gasteiger partial charge in [0.15, 0.2) is 0 Å². The smallest absolute Gasteiger partial charge is 0.0959 e. The molecule has 3 rings (SSSR count). The number of halogens is 1. The molecule has 0 aliphatic rings. The van der Waals surface area contributed by atoms with Gasteiger partial charge in [-0.1, -0.05) is 12.1 Å². The normalized spacial score (nSPS) is 11.0. The van der Waals surface area contributed by atoms with E-state index in [1.165, 1.54) is 0 Å². The van der Waals surface area contributed by atoms with Crippen molar-refractivity contribution in [1.29, 1.82) is 0 Å². The van der Waals surface area contributed by atoms with Crippen molar-refractivity contribution in [3.05, 3.63) is 52.9 Å². The summed E-state index contributed by atoms with van der Waals surface area (Å²) >= 11 is 3.43. The molecule has 0 saturated heterocycles. The molecule has 0 amide bonds. The van der Waals surface area contributed by atoms with E-state index in [-0.39, 0.29) is 0 Å². The highest BCUT2D eigenvalue weighted by Crippen LogP contribution is 2.22. The molecule has 90 valence electrons. The monoisotopic (exact) mass is 302 g/mol. The molecule has 0 radical (unpaired) electrons. The van der Waals surface area contributed by atoms with Crippen LogP contribution in [0.4, 0.5) is 0 Å². The number of hydrogen-bond acceptors (Lipinski definition) is 3. The van der Waals surface area contributed by atoms with Gasteiger partial charge in [-0.3, -0.25) is 4.98 Å². The van der Waals surface area contributed by atoms with Gasteiger partial charge in [0.2, 0.25) is 0 Å². The Morgan fingerprint density at radius 1 is 1.28 bits per heavy atom. The second-order valence-corrected chi connectivity index (χ2v) is 4.87. The van der Waals surface area contributed by atoms with E-state index in [1.807, 2.05) is 41.2 Å². The zero-order chi connectivity index (χ0) is 12.5. The van der Waals surface area contributed by atoms with Gasteiger partial charge in [-0.15, -0.1) is 0 Å². The summed E-state index contributed by atoms with van der Waals surface area (Å²) < 4.78 is 2.78. The predicted molar refractivity (Wildman–Crippen MR) is 74.5 cm³/mol. The van der Waals surface area contributed by atoms with Crippen LogP contribution in [0, 0.1) is 0 Å². The minimum atomic E-state index is 0.441. The Kier molecular flexibility index (Phi) is 2.85. The number of fused-ring (bicyclic) bond motifs is 1. The molecule has 2 N–H and O–H groups in total. The molecular formula is C13H11BrN4. The van der Waals surface area contributed by atoms with E-state index in [0.717, 1.165) is 26.8 Å². The highest BCUT2D eigenvalue weighted by Gasteiger charge is 2.06. The summed E-state index contributed by atoms with van der Waals surface area (Å²) in [6.45, 7) is 0.441. The van der Waals surface area contributed by atoms with Gasteiger partial charge in [0.25, 0.3) is 0 Å². The van der Waals surface area contributed by atoms with Gasteiger partial charge < -0.3 is 5.73 Å². The lowest BCUT2D eigenvalue weighted by Gasteiger charge is -2.05. The second kappa shape index (κ2) is 4.51. The zero-order valence-electron chi connectivity index (χ0n) is 9.55. The number of rotatable bonds is 2. The van der Waals surface area contributed by atoms with E-state index in [4.69, 9.17) is 5.73 Å². The van der Waals surface area contributed by atoms with Crippen LogP contribution in [-0.4, -0.2) is 14.8 Å². The Bertz CT molecular complexity index is 705. The fourth-order valence-electron chi connectivity index (χ4n) is 1.91. The van der Waals surface area contributed by atoms with Crippen LogP contribution >= 0.6 is 15.9 Å². The quantitative estimate of drug-likeness (QED) is 0.792. The molecule has 0 aliphatic heterocycles. The topological polar surface area (TPSA) is 56.7 Å². The summed E-state index contributed by atoms with van der Waals surface area (Å²) in [6.07, 6.45) is 3.69. The fourth-order valence-corrected chi connectivity index (χ4v) is 2.26. The van der Waals surface area contributed by atoms with E-state index < -0.39 is 0 Å². The molecule has 0 unspecified atom stereocenters. The van der Waals surface area contributed by atoms with E-state index >= 15 is 0 Å². The third kappa shape index (κ3) is 1.91. The van der Waals surface area contributed by atoms with Crippen LogP contribution in [-0.2, 0) is 6.54 Å². The summed E-state index contributed by atoms with van der Waals surface area (Å²) in [5.74, 6) is 0. The molecular weight excluding hydrogens is 292 g/mol. The molecule has 18 heavy (non-hydrogen) atoms. The van der Waals surface area contributed by atoms with E-state index in [0.29, 0.717) is 6.54 Å². The Labute approximate surface area is 113 Å². The lowest BCUT2D eigenvalue weighted by Crippen LogP contribution is -2.01. The number of nitrogens with two attached hydrogens (primary N) is 1. The van der Waals surface area contributed by atoms with Gasteiger partial charge in [-0.2, -0.15) is 5.10 Å². The first-order valence-electron chi connectivity index (χ1n) is 5.57. The number of hydrogen-bond donors (Lipinski definition) is 1. The lowest BCUT2D eigenvalue weighted by atomic mass is 10.2. The second-order valence-electron chi connectivity index (χ2n) is 3.96. The summed E-state index contributed by atoms with van der Waals surface area (Å²) in [4.78, 5) is 4.45.